The van der Waals surface area contributed by atoms with Crippen molar-refractivity contribution in [2.45, 2.75) is 31.9 Å². The van der Waals surface area contributed by atoms with Crippen LogP contribution in [0.5, 0.6) is 5.75 Å². The number of ether oxygens (including phenoxy) is 3. The molecule has 1 unspecified atom stereocenters. The van der Waals surface area contributed by atoms with Crippen LogP contribution >= 0.6 is 11.6 Å². The number of hydrogen-bond acceptors (Lipinski definition) is 6. The number of aromatic amines is 1. The Hall–Kier alpha value is -2.78. The molecule has 0 saturated carbocycles. The number of nitrogens with zero attached hydrogens (tertiary/aromatic N) is 2. The third kappa shape index (κ3) is 5.88. The molecule has 9 heteroatoms. The fraction of sp³-hybridized carbons (Fsp3) is 0.464. The third-order valence-electron chi connectivity index (χ3n) is 7.08. The van der Waals surface area contributed by atoms with E-state index in [1.807, 2.05) is 49.4 Å². The van der Waals surface area contributed by atoms with Crippen molar-refractivity contribution in [1.82, 2.24) is 14.8 Å². The van der Waals surface area contributed by atoms with Crippen molar-refractivity contribution in [3.8, 4) is 5.75 Å². The van der Waals surface area contributed by atoms with Crippen molar-refractivity contribution < 1.29 is 24.1 Å². The number of fused-ring (bicyclic) bond motifs is 3. The molecule has 0 spiro atoms. The minimum atomic E-state index is -0.438. The molecule has 2 aliphatic rings. The first kappa shape index (κ1) is 25.9. The molecule has 2 N–H and O–H groups in total. The Balaban J connectivity index is 1.30. The van der Waals surface area contributed by atoms with Gasteiger partial charge < -0.3 is 24.3 Å². The number of β-amino-alcohol motifs (C(OH)–C–C–N with tert-alkyl or cyclic N) is 1. The third-order valence-corrected chi connectivity index (χ3v) is 7.31. The molecule has 0 aliphatic carbocycles. The lowest BCUT2D eigenvalue weighted by Crippen LogP contribution is -2.41. The molecule has 3 aromatic rings. The van der Waals surface area contributed by atoms with Gasteiger partial charge in [0.15, 0.2) is 0 Å². The Bertz CT molecular complexity index is 1210. The molecule has 0 radical (unpaired) electrons. The summed E-state index contributed by atoms with van der Waals surface area (Å²) >= 11 is 6.28. The first-order chi connectivity index (χ1) is 18.0. The summed E-state index contributed by atoms with van der Waals surface area (Å²) < 4.78 is 16.7. The van der Waals surface area contributed by atoms with Gasteiger partial charge in [-0.1, -0.05) is 23.7 Å². The quantitative estimate of drug-likeness (QED) is 0.452. The highest BCUT2D eigenvalue weighted by Crippen LogP contribution is 2.39. The Morgan fingerprint density at radius 1 is 1.19 bits per heavy atom. The van der Waals surface area contributed by atoms with Crippen LogP contribution < -0.4 is 4.74 Å². The monoisotopic (exact) mass is 527 g/mol. The molecular formula is C28H34ClN3O5. The van der Waals surface area contributed by atoms with Crippen LogP contribution in [0.15, 0.2) is 42.5 Å². The van der Waals surface area contributed by atoms with Gasteiger partial charge in [-0.05, 0) is 54.8 Å². The number of benzene rings is 2. The Labute approximate surface area is 222 Å². The maximum Gasteiger partial charge on any atom is 0.410 e. The molecule has 198 valence electrons. The topological polar surface area (TPSA) is 87.3 Å². The zero-order chi connectivity index (χ0) is 25.8. The summed E-state index contributed by atoms with van der Waals surface area (Å²) in [4.78, 5) is 20.4. The second kappa shape index (κ2) is 11.7. The number of rotatable bonds is 8. The number of carbonyl (C=O) groups excluding carboxylic acids is 1. The van der Waals surface area contributed by atoms with Gasteiger partial charge in [0.2, 0.25) is 0 Å². The molecule has 0 bridgehead atoms. The number of nitrogens with one attached hydrogen (secondary N) is 1. The summed E-state index contributed by atoms with van der Waals surface area (Å²) in [7, 11) is 0. The number of amides is 1. The number of morpholine rings is 1. The van der Waals surface area contributed by atoms with Crippen LogP contribution in [-0.2, 0) is 15.9 Å². The number of aliphatic hydroxyl groups excluding tert-OH is 1. The highest BCUT2D eigenvalue weighted by Gasteiger charge is 2.35. The van der Waals surface area contributed by atoms with E-state index in [0.29, 0.717) is 37.7 Å². The largest absolute Gasteiger partial charge is 0.493 e. The highest BCUT2D eigenvalue weighted by atomic mass is 35.5. The number of H-pyrrole nitrogens is 1. The van der Waals surface area contributed by atoms with E-state index in [1.54, 1.807) is 4.90 Å². The predicted molar refractivity (Wildman–Crippen MR) is 142 cm³/mol. The van der Waals surface area contributed by atoms with Gasteiger partial charge in [0.1, 0.15) is 11.8 Å². The molecule has 37 heavy (non-hydrogen) atoms. The number of halogens is 1. The zero-order valence-electron chi connectivity index (χ0n) is 21.1. The number of carbonyl (C=O) groups is 1. The average molecular weight is 528 g/mol. The number of aromatic nitrogens is 1. The van der Waals surface area contributed by atoms with Crippen molar-refractivity contribution >= 4 is 28.6 Å². The van der Waals surface area contributed by atoms with E-state index in [1.165, 1.54) is 5.56 Å². The van der Waals surface area contributed by atoms with Gasteiger partial charge in [-0.15, -0.1) is 0 Å². The van der Waals surface area contributed by atoms with Crippen molar-refractivity contribution in [3.63, 3.8) is 0 Å². The van der Waals surface area contributed by atoms with E-state index in [2.05, 4.69) is 9.88 Å². The SMILES string of the molecule is CCOC(=O)N1CCc2c([nH]c3ccc(Cl)cc23)[C@@H]1c1ccc(OCCC(O)CN2CCOCC2)cc1. The van der Waals surface area contributed by atoms with E-state index in [-0.39, 0.29) is 12.1 Å². The van der Waals surface area contributed by atoms with Crippen LogP contribution in [0.2, 0.25) is 5.02 Å². The number of aliphatic hydroxyl groups is 1. The van der Waals surface area contributed by atoms with Gasteiger partial charge in [-0.3, -0.25) is 9.80 Å². The van der Waals surface area contributed by atoms with Crippen LogP contribution in [0.1, 0.15) is 36.2 Å². The summed E-state index contributed by atoms with van der Waals surface area (Å²) in [5.41, 5.74) is 4.13. The Morgan fingerprint density at radius 3 is 2.73 bits per heavy atom. The molecule has 2 aromatic carbocycles. The lowest BCUT2D eigenvalue weighted by atomic mass is 9.92. The summed E-state index contributed by atoms with van der Waals surface area (Å²) in [6.07, 6.45) is 0.509. The molecule has 1 amide bonds. The lowest BCUT2D eigenvalue weighted by Gasteiger charge is -2.35. The Kier molecular flexibility index (Phi) is 8.20. The maximum absolute atomic E-state index is 12.9. The molecule has 3 heterocycles. The molecule has 2 aliphatic heterocycles. The first-order valence-corrected chi connectivity index (χ1v) is 13.4. The second-order valence-electron chi connectivity index (χ2n) is 9.52. The zero-order valence-corrected chi connectivity index (χ0v) is 21.9. The van der Waals surface area contributed by atoms with Crippen molar-refractivity contribution in [1.29, 1.82) is 0 Å². The van der Waals surface area contributed by atoms with Crippen LogP contribution in [0.25, 0.3) is 10.9 Å². The van der Waals surface area contributed by atoms with Crippen molar-refractivity contribution in [3.05, 3.63) is 64.3 Å². The van der Waals surface area contributed by atoms with Gasteiger partial charge in [0.25, 0.3) is 0 Å². The predicted octanol–water partition coefficient (Wildman–Crippen LogP) is 4.39. The minimum Gasteiger partial charge on any atom is -0.493 e. The smallest absolute Gasteiger partial charge is 0.410 e. The van der Waals surface area contributed by atoms with Crippen molar-refractivity contribution in [2.75, 3.05) is 52.6 Å². The van der Waals surface area contributed by atoms with E-state index in [4.69, 9.17) is 25.8 Å². The first-order valence-electron chi connectivity index (χ1n) is 13.0. The van der Waals surface area contributed by atoms with Crippen molar-refractivity contribution in [2.24, 2.45) is 0 Å². The van der Waals surface area contributed by atoms with Crippen LogP contribution in [0.4, 0.5) is 4.79 Å². The van der Waals surface area contributed by atoms with Crippen LogP contribution in [0.3, 0.4) is 0 Å². The van der Waals surface area contributed by atoms with E-state index >= 15 is 0 Å². The van der Waals surface area contributed by atoms with Gasteiger partial charge >= 0.3 is 6.09 Å². The Morgan fingerprint density at radius 2 is 1.97 bits per heavy atom. The summed E-state index contributed by atoms with van der Waals surface area (Å²) in [6, 6.07) is 13.3. The van der Waals surface area contributed by atoms with Crippen LogP contribution in [-0.4, -0.2) is 84.7 Å². The fourth-order valence-corrected chi connectivity index (χ4v) is 5.41. The van der Waals surface area contributed by atoms with E-state index < -0.39 is 6.10 Å². The van der Waals surface area contributed by atoms with Gasteiger partial charge in [0.05, 0.1) is 32.5 Å². The second-order valence-corrected chi connectivity index (χ2v) is 9.96. The molecule has 5 rings (SSSR count). The van der Waals surface area contributed by atoms with Crippen LogP contribution in [0, 0.1) is 0 Å². The standard InChI is InChI=1S/C28H34ClN3O5/c1-2-36-28(34)32-11-9-23-24-17-20(29)5-8-25(24)30-26(23)27(32)19-3-6-22(7-4-19)37-14-10-21(33)18-31-12-15-35-16-13-31/h3-8,17,21,27,30,33H,2,9-16,18H2,1H3/t21?,27-/m0/s1. The fourth-order valence-electron chi connectivity index (χ4n) is 5.24. The average Bonchev–Trinajstić information content (AvgIpc) is 3.27. The maximum atomic E-state index is 12.9. The van der Waals surface area contributed by atoms with E-state index in [0.717, 1.165) is 60.6 Å². The summed E-state index contributed by atoms with van der Waals surface area (Å²) in [5, 5.41) is 12.1. The lowest BCUT2D eigenvalue weighted by molar-refractivity contribution is 0.0108. The minimum absolute atomic E-state index is 0.307. The molecule has 8 nitrogen and oxygen atoms in total. The summed E-state index contributed by atoms with van der Waals surface area (Å²) in [5.74, 6) is 0.726. The van der Waals surface area contributed by atoms with Gasteiger partial charge in [-0.25, -0.2) is 4.79 Å². The van der Waals surface area contributed by atoms with Gasteiger partial charge in [0, 0.05) is 54.2 Å². The highest BCUT2D eigenvalue weighted by molar-refractivity contribution is 6.31. The summed E-state index contributed by atoms with van der Waals surface area (Å²) in [6.45, 7) is 6.90. The van der Waals surface area contributed by atoms with Gasteiger partial charge in [-0.2, -0.15) is 0 Å². The van der Waals surface area contributed by atoms with E-state index in [9.17, 15) is 9.90 Å². The molecule has 1 saturated heterocycles. The molecule has 1 fully saturated rings. The number of hydrogen-bond donors (Lipinski definition) is 2. The normalized spacial score (nSPS) is 19.0. The molecule has 2 atom stereocenters. The molecule has 1 aromatic heterocycles. The molecular weight excluding hydrogens is 494 g/mol.